The number of rotatable bonds is 2. The van der Waals surface area contributed by atoms with E-state index in [0.29, 0.717) is 18.9 Å². The van der Waals surface area contributed by atoms with Gasteiger partial charge in [0.25, 0.3) is 0 Å². The summed E-state index contributed by atoms with van der Waals surface area (Å²) in [5.74, 6) is 0.493. The summed E-state index contributed by atoms with van der Waals surface area (Å²) in [6.07, 6.45) is 0.613. The molecule has 0 bridgehead atoms. The van der Waals surface area contributed by atoms with E-state index in [1.807, 2.05) is 12.1 Å². The van der Waals surface area contributed by atoms with E-state index in [2.05, 4.69) is 17.4 Å². The van der Waals surface area contributed by atoms with Crippen molar-refractivity contribution < 1.29 is 4.79 Å². The molecule has 14 heavy (non-hydrogen) atoms. The highest BCUT2D eigenvalue weighted by Crippen LogP contribution is 2.22. The summed E-state index contributed by atoms with van der Waals surface area (Å²) in [4.78, 5) is 11.0. The maximum absolute atomic E-state index is 11.0. The Hall–Kier alpha value is -1.35. The van der Waals surface area contributed by atoms with Crippen LogP contribution in [0.3, 0.4) is 0 Å². The lowest BCUT2D eigenvalue weighted by Gasteiger charge is -2.07. The Morgan fingerprint density at radius 3 is 2.57 bits per heavy atom. The van der Waals surface area contributed by atoms with Gasteiger partial charge < -0.3 is 11.1 Å². The Morgan fingerprint density at radius 1 is 1.36 bits per heavy atom. The molecule has 2 rings (SSSR count). The Morgan fingerprint density at radius 2 is 2.07 bits per heavy atom. The van der Waals surface area contributed by atoms with E-state index < -0.39 is 0 Å². The van der Waals surface area contributed by atoms with Gasteiger partial charge in [0, 0.05) is 25.4 Å². The lowest BCUT2D eigenvalue weighted by molar-refractivity contribution is -0.119. The van der Waals surface area contributed by atoms with E-state index in [4.69, 9.17) is 5.73 Å². The van der Waals surface area contributed by atoms with Crippen LogP contribution in [0.2, 0.25) is 0 Å². The van der Waals surface area contributed by atoms with E-state index in [0.717, 1.165) is 12.1 Å². The highest BCUT2D eigenvalue weighted by molar-refractivity contribution is 5.79. The second-order valence-corrected chi connectivity index (χ2v) is 3.65. The van der Waals surface area contributed by atoms with Gasteiger partial charge in [-0.1, -0.05) is 24.3 Å². The van der Waals surface area contributed by atoms with Crippen LogP contribution in [0.1, 0.15) is 23.5 Å². The number of hydrogen-bond donors (Lipinski definition) is 2. The van der Waals surface area contributed by atoms with Crippen molar-refractivity contribution >= 4 is 5.91 Å². The van der Waals surface area contributed by atoms with Gasteiger partial charge >= 0.3 is 0 Å². The van der Waals surface area contributed by atoms with E-state index >= 15 is 0 Å². The molecule has 1 aliphatic rings. The van der Waals surface area contributed by atoms with Gasteiger partial charge in [0.15, 0.2) is 0 Å². The van der Waals surface area contributed by atoms with Crippen LogP contribution in [0.25, 0.3) is 0 Å². The molecule has 1 saturated heterocycles. The maximum atomic E-state index is 11.0. The van der Waals surface area contributed by atoms with Crippen LogP contribution < -0.4 is 11.1 Å². The molecule has 0 unspecified atom stereocenters. The molecule has 0 aliphatic carbocycles. The fourth-order valence-corrected chi connectivity index (χ4v) is 1.77. The van der Waals surface area contributed by atoms with E-state index in [1.54, 1.807) is 0 Å². The predicted molar refractivity (Wildman–Crippen MR) is 54.7 cm³/mol. The first-order chi connectivity index (χ1) is 6.79. The van der Waals surface area contributed by atoms with Crippen LogP contribution >= 0.6 is 0 Å². The summed E-state index contributed by atoms with van der Waals surface area (Å²) in [6, 6.07) is 8.18. The molecule has 1 fully saturated rings. The van der Waals surface area contributed by atoms with Gasteiger partial charge in [-0.2, -0.15) is 0 Å². The van der Waals surface area contributed by atoms with Crippen LogP contribution in [0.5, 0.6) is 0 Å². The molecule has 0 saturated carbocycles. The first-order valence-electron chi connectivity index (χ1n) is 4.85. The van der Waals surface area contributed by atoms with Crippen LogP contribution in [0, 0.1) is 0 Å². The van der Waals surface area contributed by atoms with Crippen molar-refractivity contribution in [2.45, 2.75) is 18.9 Å². The van der Waals surface area contributed by atoms with Gasteiger partial charge in [0.05, 0.1) is 0 Å². The monoisotopic (exact) mass is 190 g/mol. The zero-order valence-corrected chi connectivity index (χ0v) is 7.99. The van der Waals surface area contributed by atoms with Gasteiger partial charge in [0.2, 0.25) is 5.91 Å². The normalized spacial score (nSPS) is 20.9. The second kappa shape index (κ2) is 3.80. The van der Waals surface area contributed by atoms with Gasteiger partial charge in [-0.15, -0.1) is 0 Å². The fourth-order valence-electron chi connectivity index (χ4n) is 1.77. The standard InChI is InChI=1S/C11H14N2O/c12-6-8-1-3-9(4-2-8)10-5-11(14)13-7-10/h1-4,10H,5-7,12H2,(H,13,14)/t10-/m0/s1. The van der Waals surface area contributed by atoms with Crippen molar-refractivity contribution in [2.24, 2.45) is 5.73 Å². The van der Waals surface area contributed by atoms with Crippen LogP contribution in [0.4, 0.5) is 0 Å². The topological polar surface area (TPSA) is 55.1 Å². The molecule has 3 heteroatoms. The minimum Gasteiger partial charge on any atom is -0.355 e. The van der Waals surface area contributed by atoms with Crippen molar-refractivity contribution in [2.75, 3.05) is 6.54 Å². The van der Waals surface area contributed by atoms with Crippen LogP contribution in [-0.2, 0) is 11.3 Å². The summed E-state index contributed by atoms with van der Waals surface area (Å²) in [5, 5.41) is 2.83. The zero-order valence-electron chi connectivity index (χ0n) is 7.99. The first kappa shape index (κ1) is 9.21. The van der Waals surface area contributed by atoms with Gasteiger partial charge in [-0.3, -0.25) is 4.79 Å². The average Bonchev–Trinajstić information content (AvgIpc) is 2.65. The van der Waals surface area contributed by atoms with Gasteiger partial charge in [-0.25, -0.2) is 0 Å². The Labute approximate surface area is 83.3 Å². The Kier molecular flexibility index (Phi) is 2.50. The van der Waals surface area contributed by atoms with E-state index in [9.17, 15) is 4.79 Å². The lowest BCUT2D eigenvalue weighted by Crippen LogP contribution is -2.13. The number of benzene rings is 1. The summed E-state index contributed by atoms with van der Waals surface area (Å²) >= 11 is 0. The molecule has 1 aliphatic heterocycles. The van der Waals surface area contributed by atoms with Crippen LogP contribution in [0.15, 0.2) is 24.3 Å². The van der Waals surface area contributed by atoms with Gasteiger partial charge in [0.1, 0.15) is 0 Å². The average molecular weight is 190 g/mol. The molecule has 1 aromatic carbocycles. The molecule has 0 aromatic heterocycles. The quantitative estimate of drug-likeness (QED) is 0.723. The molecule has 3 nitrogen and oxygen atoms in total. The molecule has 0 spiro atoms. The third-order valence-corrected chi connectivity index (χ3v) is 2.66. The van der Waals surface area contributed by atoms with E-state index in [1.165, 1.54) is 5.56 Å². The molecule has 3 N–H and O–H groups in total. The summed E-state index contributed by atoms with van der Waals surface area (Å²) < 4.78 is 0. The highest BCUT2D eigenvalue weighted by atomic mass is 16.1. The minimum atomic E-state index is 0.151. The number of nitrogens with two attached hydrogens (primary N) is 1. The van der Waals surface area contributed by atoms with Crippen molar-refractivity contribution in [3.05, 3.63) is 35.4 Å². The number of carbonyl (C=O) groups is 1. The molecule has 0 radical (unpaired) electrons. The minimum absolute atomic E-state index is 0.151. The molecular weight excluding hydrogens is 176 g/mol. The number of amides is 1. The summed E-state index contributed by atoms with van der Waals surface area (Å²) in [6.45, 7) is 1.34. The number of carbonyl (C=O) groups excluding carboxylic acids is 1. The van der Waals surface area contributed by atoms with Crippen molar-refractivity contribution in [1.29, 1.82) is 0 Å². The fraction of sp³-hybridized carbons (Fsp3) is 0.364. The lowest BCUT2D eigenvalue weighted by atomic mass is 9.97. The van der Waals surface area contributed by atoms with Crippen LogP contribution in [-0.4, -0.2) is 12.5 Å². The van der Waals surface area contributed by atoms with Crippen molar-refractivity contribution in [1.82, 2.24) is 5.32 Å². The smallest absolute Gasteiger partial charge is 0.220 e. The number of nitrogens with one attached hydrogen (secondary N) is 1. The molecule has 1 amide bonds. The molecule has 74 valence electrons. The predicted octanol–water partition coefficient (Wildman–Crippen LogP) is 0.749. The third kappa shape index (κ3) is 1.77. The molecule has 1 heterocycles. The molecule has 1 aromatic rings. The van der Waals surface area contributed by atoms with Crippen molar-refractivity contribution in [3.8, 4) is 0 Å². The van der Waals surface area contributed by atoms with Gasteiger partial charge in [-0.05, 0) is 11.1 Å². The third-order valence-electron chi connectivity index (χ3n) is 2.66. The van der Waals surface area contributed by atoms with E-state index in [-0.39, 0.29) is 5.91 Å². The Balaban J connectivity index is 2.13. The molecule has 1 atom stereocenters. The maximum Gasteiger partial charge on any atom is 0.220 e. The van der Waals surface area contributed by atoms with Crippen molar-refractivity contribution in [3.63, 3.8) is 0 Å². The Bertz CT molecular complexity index is 332. The summed E-state index contributed by atoms with van der Waals surface area (Å²) in [7, 11) is 0. The number of hydrogen-bond acceptors (Lipinski definition) is 2. The SMILES string of the molecule is NCc1ccc([C@@H]2CNC(=O)C2)cc1. The first-order valence-corrected chi connectivity index (χ1v) is 4.85. The molecular formula is C11H14N2O. The second-order valence-electron chi connectivity index (χ2n) is 3.65. The highest BCUT2D eigenvalue weighted by Gasteiger charge is 2.22. The zero-order chi connectivity index (χ0) is 9.97. The largest absolute Gasteiger partial charge is 0.355 e. The summed E-state index contributed by atoms with van der Waals surface area (Å²) in [5.41, 5.74) is 7.86.